The Hall–Kier alpha value is -2.22. The number of amides is 2. The fourth-order valence-corrected chi connectivity index (χ4v) is 7.54. The molecule has 5 heterocycles. The van der Waals surface area contributed by atoms with Crippen molar-refractivity contribution in [3.05, 3.63) is 28.2 Å². The van der Waals surface area contributed by atoms with Gasteiger partial charge in [-0.1, -0.05) is 28.3 Å². The van der Waals surface area contributed by atoms with Gasteiger partial charge in [-0.15, -0.1) is 38.4 Å². The van der Waals surface area contributed by atoms with E-state index in [1.54, 1.807) is 11.4 Å². The molecule has 0 saturated carbocycles. The van der Waals surface area contributed by atoms with E-state index in [2.05, 4.69) is 30.8 Å². The van der Waals surface area contributed by atoms with Crippen LogP contribution in [0.15, 0.2) is 26.1 Å². The molecule has 37 heavy (non-hydrogen) atoms. The summed E-state index contributed by atoms with van der Waals surface area (Å²) in [5.41, 5.74) is 6.04. The maximum Gasteiger partial charge on any atom is 1.00 e. The van der Waals surface area contributed by atoms with Crippen LogP contribution in [-0.4, -0.2) is 83.2 Å². The van der Waals surface area contributed by atoms with Crippen LogP contribution in [0.3, 0.4) is 0 Å². The number of β-lactam (4-membered cyclic amide) rings is 1. The number of carbonyl (C=O) groups excluding carboxylic acids is 3. The van der Waals surface area contributed by atoms with E-state index in [1.165, 1.54) is 47.4 Å². The van der Waals surface area contributed by atoms with Gasteiger partial charge in [-0.3, -0.25) is 14.5 Å². The first kappa shape index (κ1) is 27.8. The first-order chi connectivity index (χ1) is 17.3. The summed E-state index contributed by atoms with van der Waals surface area (Å²) in [7, 11) is 1.27. The van der Waals surface area contributed by atoms with Crippen molar-refractivity contribution in [2.24, 2.45) is 5.16 Å². The molecule has 3 N–H and O–H groups in total. The zero-order valence-corrected chi connectivity index (χ0v) is 24.8. The van der Waals surface area contributed by atoms with Gasteiger partial charge < -0.3 is 25.8 Å². The first-order valence-corrected chi connectivity index (χ1v) is 13.8. The van der Waals surface area contributed by atoms with Crippen molar-refractivity contribution in [1.29, 1.82) is 0 Å². The molecule has 2 atom stereocenters. The zero-order chi connectivity index (χ0) is 25.6. The number of anilines is 1. The van der Waals surface area contributed by atoms with Crippen LogP contribution in [0, 0.1) is 6.92 Å². The summed E-state index contributed by atoms with van der Waals surface area (Å²) < 4.78 is 2.30. The van der Waals surface area contributed by atoms with Crippen LogP contribution >= 0.6 is 46.2 Å². The second kappa shape index (κ2) is 11.3. The number of rotatable bonds is 8. The smallest absolute Gasteiger partial charge is 0.543 e. The molecule has 0 aromatic carbocycles. The number of nitrogen functional groups attached to an aromatic ring is 1. The van der Waals surface area contributed by atoms with Gasteiger partial charge in [0.05, 0.1) is 11.7 Å². The maximum absolute atomic E-state index is 12.9. The topological polar surface area (TPSA) is 193 Å². The Balaban J connectivity index is 0.00000320. The number of oxime groups is 1. The van der Waals surface area contributed by atoms with Gasteiger partial charge in [0.1, 0.15) is 24.2 Å². The molecule has 1 saturated heterocycles. The molecule has 5 rings (SSSR count). The minimum atomic E-state index is -1.46. The number of nitrogens with zero attached hydrogens (tertiary/aromatic N) is 7. The molecular formula is C18H16N9NaO5S4. The number of thiazole rings is 1. The average molecular weight is 590 g/mol. The zero-order valence-electron chi connectivity index (χ0n) is 19.5. The fourth-order valence-electron chi connectivity index (χ4n) is 3.59. The predicted molar refractivity (Wildman–Crippen MR) is 131 cm³/mol. The van der Waals surface area contributed by atoms with Crippen molar-refractivity contribution in [2.45, 2.75) is 22.7 Å². The van der Waals surface area contributed by atoms with Crippen LogP contribution in [0.4, 0.5) is 5.13 Å². The molecular weight excluding hydrogens is 574 g/mol. The molecule has 14 nitrogen and oxygen atoms in total. The van der Waals surface area contributed by atoms with Gasteiger partial charge >= 0.3 is 29.6 Å². The third kappa shape index (κ3) is 5.23. The molecule has 3 aromatic heterocycles. The number of thioether (sulfide) groups is 2. The Morgan fingerprint density at radius 3 is 2.84 bits per heavy atom. The molecule has 3 aromatic rings. The summed E-state index contributed by atoms with van der Waals surface area (Å²) in [4.78, 5) is 48.3. The van der Waals surface area contributed by atoms with Crippen molar-refractivity contribution >= 4 is 79.8 Å². The molecule has 2 aliphatic heterocycles. The number of nitrogens with two attached hydrogens (primary N) is 1. The van der Waals surface area contributed by atoms with Gasteiger partial charge in [0, 0.05) is 16.9 Å². The van der Waals surface area contributed by atoms with Crippen molar-refractivity contribution in [1.82, 2.24) is 35.0 Å². The standard InChI is InChI=1S/C18H17N9O5S4.Na/c1-6-22-23-17-27(6)24-18(36-17)35-4-7-3-33-14-10(13(29)26(14)11(7)15(30)31)21-12(28)9(25-32-2)8-5-34-16(19)20-8;/h5,10,14H,3-4H2,1-2H3,(H2,19,20)(H,21,28)(H,30,31);/q;+1/p-1/b25-9-;/t10-,14-;/m1./s1. The number of hydrogen-bond donors (Lipinski definition) is 2. The number of nitrogens with one attached hydrogen (secondary N) is 1. The van der Waals surface area contributed by atoms with Crippen LogP contribution in [0.1, 0.15) is 11.5 Å². The molecule has 0 radical (unpaired) electrons. The molecule has 0 spiro atoms. The van der Waals surface area contributed by atoms with Crippen LogP contribution in [-0.2, 0) is 19.2 Å². The number of aromatic nitrogens is 5. The normalized spacial score (nSPS) is 19.4. The van der Waals surface area contributed by atoms with E-state index in [0.717, 1.165) is 16.2 Å². The minimum Gasteiger partial charge on any atom is -0.543 e. The maximum atomic E-state index is 12.9. The quantitative estimate of drug-likeness (QED) is 0.0854. The summed E-state index contributed by atoms with van der Waals surface area (Å²) in [6.45, 7) is 1.78. The Morgan fingerprint density at radius 1 is 1.41 bits per heavy atom. The summed E-state index contributed by atoms with van der Waals surface area (Å²) in [5.74, 6) is -1.44. The number of fused-ring (bicyclic) bond motifs is 2. The van der Waals surface area contributed by atoms with Gasteiger partial charge in [0.2, 0.25) is 4.96 Å². The van der Waals surface area contributed by atoms with E-state index < -0.39 is 29.2 Å². The molecule has 19 heteroatoms. The average Bonchev–Trinajstić information content (AvgIpc) is 3.56. The number of carboxylic acids is 1. The van der Waals surface area contributed by atoms with E-state index in [-0.39, 0.29) is 51.8 Å². The Labute approximate surface area is 247 Å². The van der Waals surface area contributed by atoms with E-state index in [1.807, 2.05) is 0 Å². The van der Waals surface area contributed by atoms with E-state index >= 15 is 0 Å². The summed E-state index contributed by atoms with van der Waals surface area (Å²) in [6, 6.07) is -0.952. The number of carbonyl (C=O) groups is 3. The van der Waals surface area contributed by atoms with Gasteiger partial charge in [-0.25, -0.2) is 4.98 Å². The molecule has 188 valence electrons. The van der Waals surface area contributed by atoms with Gasteiger partial charge in [-0.2, -0.15) is 4.52 Å². The molecule has 0 aliphatic carbocycles. The number of hydrogen-bond acceptors (Lipinski definition) is 15. The van der Waals surface area contributed by atoms with Gasteiger partial charge in [0.25, 0.3) is 11.8 Å². The third-order valence-electron chi connectivity index (χ3n) is 5.19. The van der Waals surface area contributed by atoms with Crippen LogP contribution in [0.25, 0.3) is 4.96 Å². The minimum absolute atomic E-state index is 0. The summed E-state index contributed by atoms with van der Waals surface area (Å²) in [6.07, 6.45) is 0. The summed E-state index contributed by atoms with van der Waals surface area (Å²) >= 11 is 5.14. The van der Waals surface area contributed by atoms with E-state index in [4.69, 9.17) is 10.6 Å². The van der Waals surface area contributed by atoms with E-state index in [0.29, 0.717) is 32.2 Å². The SMILES string of the molecule is CO/N=C(\C(=O)N[C@@H]1C(=O)N2C(C(=O)[O-])=C(CSc3nn4c(C)nnc4s3)CS[C@H]12)c1csc(N)n1.[Na+]. The molecule has 1 fully saturated rings. The predicted octanol–water partition coefficient (Wildman–Crippen LogP) is -3.92. The van der Waals surface area contributed by atoms with Crippen molar-refractivity contribution in [2.75, 3.05) is 24.3 Å². The van der Waals surface area contributed by atoms with Crippen LogP contribution in [0.5, 0.6) is 0 Å². The third-order valence-corrected chi connectivity index (χ3v) is 9.32. The Bertz CT molecular complexity index is 1450. The monoisotopic (exact) mass is 589 g/mol. The van der Waals surface area contributed by atoms with Crippen LogP contribution < -0.4 is 45.7 Å². The Kier molecular flexibility index (Phi) is 8.46. The number of aliphatic carboxylic acids is 1. The molecule has 2 aliphatic rings. The van der Waals surface area contributed by atoms with Crippen molar-refractivity contribution in [3.63, 3.8) is 0 Å². The number of carboxylic acid groups (broad SMARTS) is 1. The molecule has 0 bridgehead atoms. The Morgan fingerprint density at radius 2 is 2.19 bits per heavy atom. The largest absolute Gasteiger partial charge is 1.00 e. The van der Waals surface area contributed by atoms with Gasteiger partial charge in [0.15, 0.2) is 21.0 Å². The van der Waals surface area contributed by atoms with Crippen molar-refractivity contribution in [3.8, 4) is 0 Å². The fraction of sp³-hybridized carbons (Fsp3) is 0.333. The van der Waals surface area contributed by atoms with Crippen LogP contribution in [0.2, 0.25) is 0 Å². The number of aryl methyl sites for hydroxylation is 1. The second-order valence-corrected chi connectivity index (χ2v) is 11.6. The van der Waals surface area contributed by atoms with Gasteiger partial charge in [-0.05, 0) is 12.5 Å². The molecule has 2 amide bonds. The molecule has 0 unspecified atom stereocenters. The van der Waals surface area contributed by atoms with Crippen molar-refractivity contribution < 1.29 is 53.9 Å². The summed E-state index contributed by atoms with van der Waals surface area (Å²) in [5, 5.41) is 31.9. The first-order valence-electron chi connectivity index (χ1n) is 10.1. The second-order valence-electron chi connectivity index (χ2n) is 7.39. The van der Waals surface area contributed by atoms with E-state index in [9.17, 15) is 19.5 Å².